The number of amides is 1. The second kappa shape index (κ2) is 9.85. The second-order valence-electron chi connectivity index (χ2n) is 11.5. The van der Waals surface area contributed by atoms with Crippen LogP contribution in [0, 0.1) is 5.41 Å². The Morgan fingerprint density at radius 2 is 1.89 bits per heavy atom. The van der Waals surface area contributed by atoms with Crippen molar-refractivity contribution in [2.75, 3.05) is 48.4 Å². The number of pyridine rings is 1. The first-order valence-electron chi connectivity index (χ1n) is 12.8. The summed E-state index contributed by atoms with van der Waals surface area (Å²) in [7, 11) is 0. The Kier molecular flexibility index (Phi) is 6.93. The fourth-order valence-electron chi connectivity index (χ4n) is 4.68. The molecule has 8 nitrogen and oxygen atoms in total. The maximum Gasteiger partial charge on any atom is 0.259 e. The summed E-state index contributed by atoms with van der Waals surface area (Å²) < 4.78 is 8.73. The van der Waals surface area contributed by atoms with Crippen molar-refractivity contribution >= 4 is 35.2 Å². The van der Waals surface area contributed by atoms with E-state index in [1.165, 1.54) is 12.8 Å². The van der Waals surface area contributed by atoms with E-state index >= 15 is 0 Å². The topological polar surface area (TPSA) is 98.8 Å². The Balaban J connectivity index is 1.36. The number of carbonyl (C=O) groups is 1. The molecule has 2 aromatic rings. The number of aliphatic hydroxyl groups excluding tert-OH is 1. The van der Waals surface area contributed by atoms with Gasteiger partial charge in [-0.1, -0.05) is 6.07 Å². The molecule has 36 heavy (non-hydrogen) atoms. The van der Waals surface area contributed by atoms with E-state index in [4.69, 9.17) is 9.72 Å². The molecule has 1 aromatic carbocycles. The van der Waals surface area contributed by atoms with Gasteiger partial charge in [-0.3, -0.25) is 9.52 Å². The lowest BCUT2D eigenvalue weighted by Gasteiger charge is -2.41. The normalized spacial score (nSPS) is 20.1. The predicted octanol–water partition coefficient (Wildman–Crippen LogP) is 4.28. The molecule has 3 fully saturated rings. The lowest BCUT2D eigenvalue weighted by atomic mass is 9.93. The number of rotatable bonds is 8. The first kappa shape index (κ1) is 25.3. The number of anilines is 3. The van der Waals surface area contributed by atoms with Crippen molar-refractivity contribution in [3.05, 3.63) is 42.0 Å². The SMILES string of the molecule is CC(C)(C)NSc1cccc(NC(=O)c2ccc(NC3(CO)COC3)nc2N2CCC3(CC2)CC3)c1. The first-order chi connectivity index (χ1) is 17.2. The number of carbonyl (C=O) groups excluding carboxylic acids is 1. The molecule has 0 bridgehead atoms. The van der Waals surface area contributed by atoms with Crippen LogP contribution in [0.5, 0.6) is 0 Å². The number of piperidine rings is 1. The number of nitrogens with zero attached hydrogens (tertiary/aromatic N) is 2. The number of benzene rings is 1. The standard InChI is InChI=1S/C27H37N5O3S/c1-25(2,3)31-36-20-6-4-5-19(15-20)28-24(34)21-7-8-22(30-27(16-33)17-35-18-27)29-23(21)32-13-11-26(9-10-26)12-14-32/h4-8,15,31,33H,9-14,16-18H2,1-3H3,(H,28,34)(H,29,30). The lowest BCUT2D eigenvalue weighted by molar-refractivity contribution is -0.0651. The number of ether oxygens (including phenoxy) is 1. The van der Waals surface area contributed by atoms with Gasteiger partial charge in [-0.2, -0.15) is 0 Å². The Hall–Kier alpha value is -2.33. The van der Waals surface area contributed by atoms with Gasteiger partial charge in [-0.05, 0) is 94.1 Å². The minimum absolute atomic E-state index is 0.0199. The van der Waals surface area contributed by atoms with Crippen LogP contribution >= 0.6 is 11.9 Å². The summed E-state index contributed by atoms with van der Waals surface area (Å²) in [5.41, 5.74) is 1.30. The third-order valence-corrected chi connectivity index (χ3v) is 8.42. The van der Waals surface area contributed by atoms with E-state index < -0.39 is 5.54 Å². The monoisotopic (exact) mass is 511 g/mol. The molecule has 3 aliphatic rings. The average Bonchev–Trinajstić information content (AvgIpc) is 3.59. The van der Waals surface area contributed by atoms with Crippen molar-refractivity contribution in [3.63, 3.8) is 0 Å². The highest BCUT2D eigenvalue weighted by atomic mass is 32.2. The predicted molar refractivity (Wildman–Crippen MR) is 145 cm³/mol. The summed E-state index contributed by atoms with van der Waals surface area (Å²) in [5.74, 6) is 1.17. The highest BCUT2D eigenvalue weighted by Gasteiger charge is 2.45. The van der Waals surface area contributed by atoms with Gasteiger partial charge in [-0.25, -0.2) is 4.98 Å². The van der Waals surface area contributed by atoms with E-state index in [-0.39, 0.29) is 18.1 Å². The zero-order valence-electron chi connectivity index (χ0n) is 21.4. The minimum atomic E-state index is -0.507. The van der Waals surface area contributed by atoms with Crippen LogP contribution < -0.4 is 20.3 Å². The Bertz CT molecular complexity index is 1100. The molecule has 0 radical (unpaired) electrons. The third kappa shape index (κ3) is 5.80. The highest BCUT2D eigenvalue weighted by Crippen LogP contribution is 2.54. The number of nitrogens with one attached hydrogen (secondary N) is 3. The molecule has 5 rings (SSSR count). The molecule has 0 atom stereocenters. The zero-order valence-corrected chi connectivity index (χ0v) is 22.2. The van der Waals surface area contributed by atoms with Crippen LogP contribution in [0.1, 0.15) is 56.8 Å². The molecular formula is C27H37N5O3S. The Labute approximate surface area is 217 Å². The summed E-state index contributed by atoms with van der Waals surface area (Å²) in [4.78, 5) is 21.6. The Morgan fingerprint density at radius 3 is 2.50 bits per heavy atom. The lowest BCUT2D eigenvalue weighted by Crippen LogP contribution is -2.58. The van der Waals surface area contributed by atoms with Crippen molar-refractivity contribution in [1.29, 1.82) is 0 Å². The van der Waals surface area contributed by atoms with Crippen LogP contribution in [0.25, 0.3) is 0 Å². The fraction of sp³-hybridized carbons (Fsp3) is 0.556. The summed E-state index contributed by atoms with van der Waals surface area (Å²) in [6, 6.07) is 11.5. The maximum absolute atomic E-state index is 13.5. The molecule has 1 aromatic heterocycles. The van der Waals surface area contributed by atoms with Gasteiger partial charge in [0.1, 0.15) is 17.2 Å². The van der Waals surface area contributed by atoms with Crippen molar-refractivity contribution in [1.82, 2.24) is 9.71 Å². The van der Waals surface area contributed by atoms with Gasteiger partial charge >= 0.3 is 0 Å². The van der Waals surface area contributed by atoms with Crippen LogP contribution in [-0.2, 0) is 4.74 Å². The largest absolute Gasteiger partial charge is 0.394 e. The van der Waals surface area contributed by atoms with E-state index in [9.17, 15) is 9.90 Å². The number of aromatic nitrogens is 1. The molecule has 1 amide bonds. The summed E-state index contributed by atoms with van der Waals surface area (Å²) in [6.07, 6.45) is 4.92. The van der Waals surface area contributed by atoms with Gasteiger partial charge in [0, 0.05) is 29.2 Å². The van der Waals surface area contributed by atoms with E-state index in [0.29, 0.717) is 35.8 Å². The molecule has 0 unspecified atom stereocenters. The summed E-state index contributed by atoms with van der Waals surface area (Å²) >= 11 is 1.55. The summed E-state index contributed by atoms with van der Waals surface area (Å²) in [5, 5.41) is 16.3. The molecule has 4 N–H and O–H groups in total. The van der Waals surface area contributed by atoms with Gasteiger partial charge in [0.2, 0.25) is 0 Å². The quantitative estimate of drug-likeness (QED) is 0.390. The van der Waals surface area contributed by atoms with E-state index in [1.807, 2.05) is 36.4 Å². The molecule has 9 heteroatoms. The minimum Gasteiger partial charge on any atom is -0.394 e. The number of hydrogen-bond donors (Lipinski definition) is 4. The second-order valence-corrected chi connectivity index (χ2v) is 12.4. The van der Waals surface area contributed by atoms with Crippen LogP contribution in [-0.4, -0.2) is 60.0 Å². The molecule has 1 aliphatic carbocycles. The van der Waals surface area contributed by atoms with E-state index in [2.05, 4.69) is 41.0 Å². The molecule has 1 saturated carbocycles. The van der Waals surface area contributed by atoms with Crippen molar-refractivity contribution in [2.45, 2.75) is 62.4 Å². The van der Waals surface area contributed by atoms with Gasteiger partial charge < -0.3 is 25.4 Å². The van der Waals surface area contributed by atoms with Crippen LogP contribution in [0.3, 0.4) is 0 Å². The van der Waals surface area contributed by atoms with Gasteiger partial charge in [0.25, 0.3) is 5.91 Å². The van der Waals surface area contributed by atoms with Crippen molar-refractivity contribution < 1.29 is 14.6 Å². The zero-order chi connectivity index (χ0) is 25.4. The molecule has 194 valence electrons. The van der Waals surface area contributed by atoms with Gasteiger partial charge in [0.05, 0.1) is 25.4 Å². The third-order valence-electron chi connectivity index (χ3n) is 7.22. The molecule has 1 spiro atoms. The van der Waals surface area contributed by atoms with Gasteiger partial charge in [-0.15, -0.1) is 0 Å². The average molecular weight is 512 g/mol. The Morgan fingerprint density at radius 1 is 1.14 bits per heavy atom. The van der Waals surface area contributed by atoms with E-state index in [0.717, 1.165) is 36.5 Å². The smallest absolute Gasteiger partial charge is 0.259 e. The maximum atomic E-state index is 13.5. The molecular weight excluding hydrogens is 474 g/mol. The van der Waals surface area contributed by atoms with Crippen LogP contribution in [0.15, 0.2) is 41.3 Å². The fourth-order valence-corrected chi connectivity index (χ4v) is 5.43. The number of aliphatic hydroxyl groups is 1. The molecule has 2 saturated heterocycles. The molecule has 2 aliphatic heterocycles. The first-order valence-corrected chi connectivity index (χ1v) is 13.6. The summed E-state index contributed by atoms with van der Waals surface area (Å²) in [6.45, 7) is 8.99. The van der Waals surface area contributed by atoms with Crippen LogP contribution in [0.4, 0.5) is 17.3 Å². The van der Waals surface area contributed by atoms with Crippen molar-refractivity contribution in [3.8, 4) is 0 Å². The number of hydrogen-bond acceptors (Lipinski definition) is 8. The molecule has 3 heterocycles. The van der Waals surface area contributed by atoms with Crippen LogP contribution in [0.2, 0.25) is 0 Å². The highest BCUT2D eigenvalue weighted by molar-refractivity contribution is 7.97. The van der Waals surface area contributed by atoms with Crippen molar-refractivity contribution in [2.24, 2.45) is 5.41 Å². The van der Waals surface area contributed by atoms with E-state index in [1.54, 1.807) is 11.9 Å². The van der Waals surface area contributed by atoms with Gasteiger partial charge in [0.15, 0.2) is 0 Å².